The quantitative estimate of drug-likeness (QED) is 0.633. The van der Waals surface area contributed by atoms with Gasteiger partial charge in [-0.15, -0.1) is 0 Å². The molecule has 0 aromatic heterocycles. The van der Waals surface area contributed by atoms with Crippen molar-refractivity contribution in [2.24, 2.45) is 5.73 Å². The minimum Gasteiger partial charge on any atom is -0.480 e. The monoisotopic (exact) mass is 189 g/mol. The van der Waals surface area contributed by atoms with Crippen LogP contribution in [0.2, 0.25) is 0 Å². The lowest BCUT2D eigenvalue weighted by atomic mass is 10.1. The number of carbonyl (C=O) groups is 1. The van der Waals surface area contributed by atoms with Gasteiger partial charge in [0, 0.05) is 0 Å². The van der Waals surface area contributed by atoms with Crippen LogP contribution in [0.25, 0.3) is 0 Å². The van der Waals surface area contributed by atoms with Gasteiger partial charge in [0.1, 0.15) is 6.04 Å². The number of ether oxygens (including phenoxy) is 2. The van der Waals surface area contributed by atoms with Crippen molar-refractivity contribution in [2.75, 3.05) is 13.2 Å². The molecule has 1 atom stereocenters. The highest BCUT2D eigenvalue weighted by Crippen LogP contribution is 2.12. The summed E-state index contributed by atoms with van der Waals surface area (Å²) >= 11 is 0. The number of hydrogen-bond acceptors (Lipinski definition) is 4. The molecule has 1 heterocycles. The molecule has 0 radical (unpaired) electrons. The number of hydrogen-bond donors (Lipinski definition) is 2. The van der Waals surface area contributed by atoms with Gasteiger partial charge >= 0.3 is 5.97 Å². The zero-order valence-corrected chi connectivity index (χ0v) is 7.44. The third-order valence-electron chi connectivity index (χ3n) is 1.96. The van der Waals surface area contributed by atoms with Crippen LogP contribution in [0, 0.1) is 0 Å². The third kappa shape index (κ3) is 3.71. The van der Waals surface area contributed by atoms with Crippen LogP contribution >= 0.6 is 0 Å². The van der Waals surface area contributed by atoms with Gasteiger partial charge in [0.15, 0.2) is 6.29 Å². The van der Waals surface area contributed by atoms with Crippen LogP contribution in [0.5, 0.6) is 0 Å². The van der Waals surface area contributed by atoms with E-state index in [0.29, 0.717) is 19.6 Å². The molecule has 1 rings (SSSR count). The van der Waals surface area contributed by atoms with Gasteiger partial charge in [-0.2, -0.15) is 0 Å². The summed E-state index contributed by atoms with van der Waals surface area (Å²) in [6.07, 6.45) is 1.76. The van der Waals surface area contributed by atoms with Crippen molar-refractivity contribution < 1.29 is 19.4 Å². The smallest absolute Gasteiger partial charge is 0.320 e. The van der Waals surface area contributed by atoms with Crippen molar-refractivity contribution in [2.45, 2.75) is 31.6 Å². The molecule has 1 saturated heterocycles. The Kier molecular flexibility index (Phi) is 4.14. The lowest BCUT2D eigenvalue weighted by Gasteiger charge is -2.09. The molecule has 3 N–H and O–H groups in total. The van der Waals surface area contributed by atoms with E-state index in [0.717, 1.165) is 12.8 Å². The fourth-order valence-electron chi connectivity index (χ4n) is 1.20. The molecule has 5 heteroatoms. The molecular weight excluding hydrogens is 174 g/mol. The van der Waals surface area contributed by atoms with Gasteiger partial charge in [-0.1, -0.05) is 0 Å². The fourth-order valence-corrected chi connectivity index (χ4v) is 1.20. The Morgan fingerprint density at radius 2 is 2.15 bits per heavy atom. The molecule has 1 aliphatic heterocycles. The lowest BCUT2D eigenvalue weighted by Crippen LogP contribution is -2.30. The van der Waals surface area contributed by atoms with Crippen LogP contribution in [0.3, 0.4) is 0 Å². The molecule has 76 valence electrons. The number of nitrogens with two attached hydrogens (primary N) is 1. The maximum absolute atomic E-state index is 10.3. The Morgan fingerprint density at radius 1 is 1.54 bits per heavy atom. The molecule has 0 spiro atoms. The second-order valence-electron chi connectivity index (χ2n) is 3.05. The summed E-state index contributed by atoms with van der Waals surface area (Å²) < 4.78 is 10.4. The maximum atomic E-state index is 10.3. The molecule has 0 saturated carbocycles. The average Bonchev–Trinajstić information content (AvgIpc) is 2.56. The molecule has 0 aromatic rings. The van der Waals surface area contributed by atoms with Crippen LogP contribution in [-0.4, -0.2) is 36.6 Å². The number of carboxylic acids is 1. The largest absolute Gasteiger partial charge is 0.480 e. The molecule has 1 unspecified atom stereocenters. The highest BCUT2D eigenvalue weighted by Gasteiger charge is 2.17. The van der Waals surface area contributed by atoms with Gasteiger partial charge < -0.3 is 20.3 Å². The zero-order chi connectivity index (χ0) is 9.68. The van der Waals surface area contributed by atoms with Crippen LogP contribution in [0.1, 0.15) is 19.3 Å². The molecule has 1 aliphatic rings. The second-order valence-corrected chi connectivity index (χ2v) is 3.05. The minimum atomic E-state index is -0.951. The second kappa shape index (κ2) is 5.16. The van der Waals surface area contributed by atoms with Gasteiger partial charge in [-0.25, -0.2) is 0 Å². The maximum Gasteiger partial charge on any atom is 0.320 e. The first-order valence-electron chi connectivity index (χ1n) is 4.41. The summed E-state index contributed by atoms with van der Waals surface area (Å²) in [5, 5.41) is 8.49. The molecule has 5 nitrogen and oxygen atoms in total. The fraction of sp³-hybridized carbons (Fsp3) is 0.875. The highest BCUT2D eigenvalue weighted by molar-refractivity contribution is 5.72. The molecule has 13 heavy (non-hydrogen) atoms. The van der Waals surface area contributed by atoms with E-state index in [4.69, 9.17) is 20.3 Å². The van der Waals surface area contributed by atoms with Crippen LogP contribution in [-0.2, 0) is 14.3 Å². The number of carboxylic acid groups (broad SMARTS) is 1. The predicted octanol–water partition coefficient (Wildman–Crippen LogP) is -0.0585. The molecule has 0 aromatic carbocycles. The lowest BCUT2D eigenvalue weighted by molar-refractivity contribution is -0.138. The SMILES string of the molecule is NC(CCCC1OCCO1)C(=O)O. The van der Waals surface area contributed by atoms with Gasteiger partial charge in [-0.05, 0) is 19.3 Å². The molecule has 0 amide bonds. The Morgan fingerprint density at radius 3 is 2.69 bits per heavy atom. The molecule has 0 bridgehead atoms. The minimum absolute atomic E-state index is 0.152. The van der Waals surface area contributed by atoms with Crippen molar-refractivity contribution in [3.8, 4) is 0 Å². The van der Waals surface area contributed by atoms with E-state index in [1.54, 1.807) is 0 Å². The standard InChI is InChI=1S/C8H15NO4/c9-6(8(10)11)2-1-3-7-12-4-5-13-7/h6-7H,1-5,9H2,(H,10,11). The summed E-state index contributed by atoms with van der Waals surface area (Å²) in [6.45, 7) is 1.27. The van der Waals surface area contributed by atoms with E-state index in [1.807, 2.05) is 0 Å². The summed E-state index contributed by atoms with van der Waals surface area (Å²) in [4.78, 5) is 10.3. The van der Waals surface area contributed by atoms with E-state index in [9.17, 15) is 4.79 Å². The van der Waals surface area contributed by atoms with E-state index in [1.165, 1.54) is 0 Å². The van der Waals surface area contributed by atoms with Gasteiger partial charge in [-0.3, -0.25) is 4.79 Å². The summed E-state index contributed by atoms with van der Waals surface area (Å²) in [5.41, 5.74) is 5.32. The molecule has 0 aliphatic carbocycles. The zero-order valence-electron chi connectivity index (χ0n) is 7.44. The van der Waals surface area contributed by atoms with Crippen molar-refractivity contribution in [1.82, 2.24) is 0 Å². The van der Waals surface area contributed by atoms with E-state index < -0.39 is 12.0 Å². The Hall–Kier alpha value is -0.650. The van der Waals surface area contributed by atoms with Crippen molar-refractivity contribution in [1.29, 1.82) is 0 Å². The van der Waals surface area contributed by atoms with Crippen LogP contribution in [0.15, 0.2) is 0 Å². The number of rotatable bonds is 5. The summed E-state index contributed by atoms with van der Waals surface area (Å²) in [5.74, 6) is -0.951. The first-order valence-corrected chi connectivity index (χ1v) is 4.41. The van der Waals surface area contributed by atoms with Crippen molar-refractivity contribution in [3.05, 3.63) is 0 Å². The Balaban J connectivity index is 2.02. The highest BCUT2D eigenvalue weighted by atomic mass is 16.7. The molecule has 1 fully saturated rings. The topological polar surface area (TPSA) is 81.8 Å². The van der Waals surface area contributed by atoms with Crippen LogP contribution < -0.4 is 5.73 Å². The first kappa shape index (κ1) is 10.4. The van der Waals surface area contributed by atoms with E-state index >= 15 is 0 Å². The summed E-state index contributed by atoms with van der Waals surface area (Å²) in [6, 6.07) is -0.763. The van der Waals surface area contributed by atoms with Crippen molar-refractivity contribution >= 4 is 5.97 Å². The average molecular weight is 189 g/mol. The first-order chi connectivity index (χ1) is 6.20. The van der Waals surface area contributed by atoms with E-state index in [2.05, 4.69) is 0 Å². The normalized spacial score (nSPS) is 20.4. The van der Waals surface area contributed by atoms with Crippen molar-refractivity contribution in [3.63, 3.8) is 0 Å². The third-order valence-corrected chi connectivity index (χ3v) is 1.96. The van der Waals surface area contributed by atoms with Crippen LogP contribution in [0.4, 0.5) is 0 Å². The Bertz CT molecular complexity index is 168. The summed E-state index contributed by atoms with van der Waals surface area (Å²) in [7, 11) is 0. The van der Waals surface area contributed by atoms with Gasteiger partial charge in [0.05, 0.1) is 13.2 Å². The number of aliphatic carboxylic acids is 1. The Labute approximate surface area is 76.8 Å². The molecular formula is C8H15NO4. The van der Waals surface area contributed by atoms with Gasteiger partial charge in [0.2, 0.25) is 0 Å². The van der Waals surface area contributed by atoms with Gasteiger partial charge in [0.25, 0.3) is 0 Å². The predicted molar refractivity (Wildman–Crippen MR) is 45.2 cm³/mol. The van der Waals surface area contributed by atoms with E-state index in [-0.39, 0.29) is 6.29 Å².